The maximum atomic E-state index is 13.0. The number of aryl methyl sites for hydroxylation is 1. The maximum absolute atomic E-state index is 13.0. The maximum Gasteiger partial charge on any atom is 0.294 e. The highest BCUT2D eigenvalue weighted by molar-refractivity contribution is 6.31. The number of aromatic amines is 1. The van der Waals surface area contributed by atoms with Crippen LogP contribution in [0.4, 0.5) is 5.69 Å². The number of anilines is 1. The number of benzene rings is 2. The molecule has 3 aromatic rings. The molecule has 0 radical (unpaired) electrons. The lowest BCUT2D eigenvalue weighted by molar-refractivity contribution is -0.118. The van der Waals surface area contributed by atoms with Crippen molar-refractivity contribution >= 4 is 39.9 Å². The highest BCUT2D eigenvalue weighted by Crippen LogP contribution is 2.44. The second-order valence-corrected chi connectivity index (χ2v) is 7.25. The molecule has 0 saturated heterocycles. The molecule has 2 N–H and O–H groups in total. The number of Topliss-reactive ketones (excluding diaryl/α,β-unsaturated/α-hetero) is 1. The van der Waals surface area contributed by atoms with E-state index in [1.54, 1.807) is 25.3 Å². The molecule has 2 heterocycles. The van der Waals surface area contributed by atoms with E-state index < -0.39 is 17.7 Å². The summed E-state index contributed by atoms with van der Waals surface area (Å²) in [5.41, 5.74) is 3.17. The van der Waals surface area contributed by atoms with E-state index >= 15 is 0 Å². The average Bonchev–Trinajstić information content (AvgIpc) is 3.23. The van der Waals surface area contributed by atoms with E-state index in [4.69, 9.17) is 11.6 Å². The molecule has 4 rings (SSSR count). The normalized spacial score (nSPS) is 17.0. The molecule has 1 atom stereocenters. The second kappa shape index (κ2) is 6.84. The van der Waals surface area contributed by atoms with Gasteiger partial charge < -0.3 is 10.1 Å². The number of nitrogens with zero attached hydrogens (tertiary/aromatic N) is 1. The fourth-order valence-electron chi connectivity index (χ4n) is 3.69. The van der Waals surface area contributed by atoms with Crippen LogP contribution in [0.15, 0.2) is 60.0 Å². The summed E-state index contributed by atoms with van der Waals surface area (Å²) in [7, 11) is 0. The Morgan fingerprint density at radius 2 is 2.00 bits per heavy atom. The van der Waals surface area contributed by atoms with Crippen LogP contribution in [0.25, 0.3) is 10.9 Å². The van der Waals surface area contributed by atoms with Crippen molar-refractivity contribution in [1.82, 2.24) is 4.98 Å². The average molecular weight is 395 g/mol. The van der Waals surface area contributed by atoms with Crippen LogP contribution in [0.3, 0.4) is 0 Å². The third kappa shape index (κ3) is 2.70. The Hall–Kier alpha value is -3.05. The van der Waals surface area contributed by atoms with Crippen molar-refractivity contribution in [3.63, 3.8) is 0 Å². The molecule has 2 aromatic carbocycles. The number of amides is 1. The largest absolute Gasteiger partial charge is 0.503 e. The first kappa shape index (κ1) is 18.3. The van der Waals surface area contributed by atoms with Gasteiger partial charge >= 0.3 is 0 Å². The van der Waals surface area contributed by atoms with Gasteiger partial charge in [-0.25, -0.2) is 0 Å². The van der Waals surface area contributed by atoms with E-state index in [1.165, 1.54) is 4.90 Å². The molecule has 0 bridgehead atoms. The Bertz CT molecular complexity index is 1150. The SMILES string of the molecule is CCC(=O)C1=C(O)C(=O)N(c2ccc(C)c(Cl)c2)C1c1c[nH]c2ccccc12. The van der Waals surface area contributed by atoms with Gasteiger partial charge in [0.2, 0.25) is 0 Å². The van der Waals surface area contributed by atoms with Crippen LogP contribution in [-0.4, -0.2) is 21.8 Å². The van der Waals surface area contributed by atoms with Crippen LogP contribution in [0.5, 0.6) is 0 Å². The van der Waals surface area contributed by atoms with Crippen molar-refractivity contribution in [3.8, 4) is 0 Å². The summed E-state index contributed by atoms with van der Waals surface area (Å²) < 4.78 is 0. The minimum atomic E-state index is -0.727. The van der Waals surface area contributed by atoms with Crippen LogP contribution >= 0.6 is 11.6 Å². The topological polar surface area (TPSA) is 73.4 Å². The zero-order valence-corrected chi connectivity index (χ0v) is 16.2. The lowest BCUT2D eigenvalue weighted by atomic mass is 9.94. The molecule has 0 saturated carbocycles. The minimum absolute atomic E-state index is 0.119. The van der Waals surface area contributed by atoms with E-state index in [1.807, 2.05) is 37.3 Å². The van der Waals surface area contributed by atoms with Crippen molar-refractivity contribution in [2.24, 2.45) is 0 Å². The Labute approximate surface area is 167 Å². The van der Waals surface area contributed by atoms with Crippen molar-refractivity contribution in [1.29, 1.82) is 0 Å². The highest BCUT2D eigenvalue weighted by atomic mass is 35.5. The van der Waals surface area contributed by atoms with Crippen LogP contribution in [-0.2, 0) is 9.59 Å². The summed E-state index contributed by atoms with van der Waals surface area (Å²) in [5, 5.41) is 12.0. The molecular formula is C22H19ClN2O3. The zero-order chi connectivity index (χ0) is 20.0. The van der Waals surface area contributed by atoms with Gasteiger partial charge in [-0.15, -0.1) is 0 Å². The van der Waals surface area contributed by atoms with Crippen molar-refractivity contribution in [3.05, 3.63) is 76.1 Å². The number of rotatable bonds is 4. The van der Waals surface area contributed by atoms with Crippen LogP contribution in [0, 0.1) is 6.92 Å². The number of nitrogens with one attached hydrogen (secondary N) is 1. The number of halogens is 1. The van der Waals surface area contributed by atoms with Gasteiger partial charge in [-0.3, -0.25) is 14.5 Å². The predicted molar refractivity (Wildman–Crippen MR) is 110 cm³/mol. The summed E-state index contributed by atoms with van der Waals surface area (Å²) >= 11 is 6.28. The fourth-order valence-corrected chi connectivity index (χ4v) is 3.87. The van der Waals surface area contributed by atoms with E-state index in [0.717, 1.165) is 22.0 Å². The number of aromatic nitrogens is 1. The van der Waals surface area contributed by atoms with Crippen LogP contribution < -0.4 is 4.90 Å². The third-order valence-electron chi connectivity index (χ3n) is 5.18. The Morgan fingerprint density at radius 1 is 1.25 bits per heavy atom. The molecule has 0 aliphatic carbocycles. The number of carbonyl (C=O) groups is 2. The van der Waals surface area contributed by atoms with Crippen LogP contribution in [0.2, 0.25) is 5.02 Å². The number of fused-ring (bicyclic) bond motifs is 1. The summed E-state index contributed by atoms with van der Waals surface area (Å²) in [6.45, 7) is 3.58. The van der Waals surface area contributed by atoms with Crippen LogP contribution in [0.1, 0.15) is 30.5 Å². The molecule has 142 valence electrons. The molecule has 1 aromatic heterocycles. The number of hydrogen-bond donors (Lipinski definition) is 2. The molecule has 0 fully saturated rings. The quantitative estimate of drug-likeness (QED) is 0.653. The van der Waals surface area contributed by atoms with Crippen molar-refractivity contribution in [2.45, 2.75) is 26.3 Å². The van der Waals surface area contributed by atoms with Crippen molar-refractivity contribution < 1.29 is 14.7 Å². The number of H-pyrrole nitrogens is 1. The van der Waals surface area contributed by atoms with Gasteiger partial charge in [-0.2, -0.15) is 0 Å². The van der Waals surface area contributed by atoms with E-state index in [9.17, 15) is 14.7 Å². The molecule has 28 heavy (non-hydrogen) atoms. The van der Waals surface area contributed by atoms with E-state index in [2.05, 4.69) is 4.98 Å². The lowest BCUT2D eigenvalue weighted by Gasteiger charge is -2.26. The first-order chi connectivity index (χ1) is 13.4. The number of carbonyl (C=O) groups excluding carboxylic acids is 2. The number of aliphatic hydroxyl groups excluding tert-OH is 1. The number of para-hydroxylation sites is 1. The standard InChI is InChI=1S/C22H19ClN2O3/c1-3-18(26)19-20(15-11-24-17-7-5-4-6-14(15)17)25(22(28)21(19)27)13-9-8-12(2)16(23)10-13/h4-11,20,24,27H,3H2,1-2H3. The molecular weight excluding hydrogens is 376 g/mol. The lowest BCUT2D eigenvalue weighted by Crippen LogP contribution is -2.31. The minimum Gasteiger partial charge on any atom is -0.503 e. The molecule has 6 heteroatoms. The number of aliphatic hydroxyl groups is 1. The molecule has 1 aliphatic rings. The third-order valence-corrected chi connectivity index (χ3v) is 5.59. The van der Waals surface area contributed by atoms with E-state index in [0.29, 0.717) is 10.7 Å². The molecule has 1 aliphatic heterocycles. The van der Waals surface area contributed by atoms with Crippen molar-refractivity contribution in [2.75, 3.05) is 4.90 Å². The Balaban J connectivity index is 1.96. The Kier molecular flexibility index (Phi) is 4.47. The summed E-state index contributed by atoms with van der Waals surface area (Å²) in [5.74, 6) is -1.37. The van der Waals surface area contributed by atoms with Gasteiger partial charge in [0.05, 0.1) is 11.6 Å². The molecule has 1 unspecified atom stereocenters. The van der Waals surface area contributed by atoms with Gasteiger partial charge in [-0.1, -0.05) is 42.8 Å². The first-order valence-corrected chi connectivity index (χ1v) is 9.43. The predicted octanol–water partition coefficient (Wildman–Crippen LogP) is 5.01. The van der Waals surface area contributed by atoms with Gasteiger partial charge in [0.1, 0.15) is 0 Å². The molecule has 0 spiro atoms. The second-order valence-electron chi connectivity index (χ2n) is 6.84. The van der Waals surface area contributed by atoms with Gasteiger partial charge in [0, 0.05) is 39.8 Å². The summed E-state index contributed by atoms with van der Waals surface area (Å²) in [6, 6.07) is 12.2. The number of hydrogen-bond acceptors (Lipinski definition) is 3. The molecule has 1 amide bonds. The summed E-state index contributed by atoms with van der Waals surface area (Å²) in [6.07, 6.45) is 1.97. The zero-order valence-electron chi connectivity index (χ0n) is 15.5. The Morgan fingerprint density at radius 3 is 2.71 bits per heavy atom. The monoisotopic (exact) mass is 394 g/mol. The highest BCUT2D eigenvalue weighted by Gasteiger charge is 2.44. The van der Waals surface area contributed by atoms with E-state index in [-0.39, 0.29) is 17.8 Å². The molecule has 5 nitrogen and oxygen atoms in total. The van der Waals surface area contributed by atoms with Gasteiger partial charge in [-0.05, 0) is 30.7 Å². The van der Waals surface area contributed by atoms with Gasteiger partial charge in [0.25, 0.3) is 5.91 Å². The fraction of sp³-hybridized carbons (Fsp3) is 0.182. The number of ketones is 1. The summed E-state index contributed by atoms with van der Waals surface area (Å²) in [4.78, 5) is 30.3. The van der Waals surface area contributed by atoms with Gasteiger partial charge in [0.15, 0.2) is 11.5 Å². The smallest absolute Gasteiger partial charge is 0.294 e. The first-order valence-electron chi connectivity index (χ1n) is 9.06.